The summed E-state index contributed by atoms with van der Waals surface area (Å²) < 4.78 is 4.96. The number of hydrogen-bond donors (Lipinski definition) is 0. The number of thiocarbonyl (C=S) groups is 1. The zero-order chi connectivity index (χ0) is 9.84. The van der Waals surface area contributed by atoms with E-state index in [1.807, 2.05) is 0 Å². The number of halogens is 2. The smallest absolute Gasteiger partial charge is 0.156 e. The minimum absolute atomic E-state index is 0.402. The van der Waals surface area contributed by atoms with Gasteiger partial charge in [-0.1, -0.05) is 23.2 Å². The molecular formula is C8H5Cl2NOS. The molecule has 0 bridgehead atoms. The molecule has 0 fully saturated rings. The Hall–Kier alpha value is -0.600. The van der Waals surface area contributed by atoms with Gasteiger partial charge < -0.3 is 4.74 Å². The van der Waals surface area contributed by atoms with Crippen molar-refractivity contribution in [1.29, 1.82) is 0 Å². The number of ether oxygens (including phenoxy) is 1. The molecule has 1 aromatic carbocycles. The van der Waals surface area contributed by atoms with Crippen molar-refractivity contribution in [2.24, 2.45) is 4.99 Å². The lowest BCUT2D eigenvalue weighted by Gasteiger charge is -2.05. The van der Waals surface area contributed by atoms with Crippen molar-refractivity contribution in [3.63, 3.8) is 0 Å². The standard InChI is InChI=1S/C8H5Cl2NOS/c1-12-8-6(9)2-5(11-4-13)3-7(8)10/h2-3H,1H3. The lowest BCUT2D eigenvalue weighted by atomic mass is 10.3. The van der Waals surface area contributed by atoms with E-state index in [9.17, 15) is 0 Å². The number of rotatable bonds is 2. The quantitative estimate of drug-likeness (QED) is 0.574. The van der Waals surface area contributed by atoms with Gasteiger partial charge in [0.25, 0.3) is 0 Å². The topological polar surface area (TPSA) is 21.6 Å². The molecule has 0 radical (unpaired) electrons. The number of aliphatic imine (C=N–C) groups is 1. The van der Waals surface area contributed by atoms with Crippen LogP contribution in [0.15, 0.2) is 17.1 Å². The normalized spacial score (nSPS) is 9.15. The number of methoxy groups -OCH3 is 1. The third-order valence-electron chi connectivity index (χ3n) is 1.36. The van der Waals surface area contributed by atoms with Gasteiger partial charge in [0.05, 0.1) is 28.0 Å². The molecule has 0 heterocycles. The van der Waals surface area contributed by atoms with E-state index >= 15 is 0 Å². The van der Waals surface area contributed by atoms with E-state index in [1.165, 1.54) is 7.11 Å². The summed E-state index contributed by atoms with van der Waals surface area (Å²) in [6.45, 7) is 0. The fraction of sp³-hybridized carbons (Fsp3) is 0.125. The van der Waals surface area contributed by atoms with Crippen LogP contribution in [0.1, 0.15) is 0 Å². The molecule has 0 amide bonds. The van der Waals surface area contributed by atoms with Gasteiger partial charge in [-0.25, -0.2) is 0 Å². The molecule has 1 aromatic rings. The highest BCUT2D eigenvalue weighted by Crippen LogP contribution is 2.36. The number of benzene rings is 1. The monoisotopic (exact) mass is 233 g/mol. The molecule has 2 nitrogen and oxygen atoms in total. The second-order valence-electron chi connectivity index (χ2n) is 2.15. The first kappa shape index (κ1) is 10.5. The third-order valence-corrected chi connectivity index (χ3v) is 2.01. The van der Waals surface area contributed by atoms with Crippen molar-refractivity contribution < 1.29 is 4.74 Å². The maximum atomic E-state index is 5.84. The summed E-state index contributed by atoms with van der Waals surface area (Å²) in [6, 6.07) is 3.21. The van der Waals surface area contributed by atoms with Crippen molar-refractivity contribution in [2.75, 3.05) is 7.11 Å². The summed E-state index contributed by atoms with van der Waals surface area (Å²) in [6.07, 6.45) is 0. The second-order valence-corrected chi connectivity index (χ2v) is 3.14. The highest BCUT2D eigenvalue weighted by atomic mass is 35.5. The van der Waals surface area contributed by atoms with Crippen LogP contribution in [0.5, 0.6) is 5.75 Å². The van der Waals surface area contributed by atoms with Crippen LogP contribution in [0.25, 0.3) is 0 Å². The molecular weight excluding hydrogens is 229 g/mol. The predicted molar refractivity (Wildman–Crippen MR) is 57.7 cm³/mol. The van der Waals surface area contributed by atoms with Crippen LogP contribution >= 0.6 is 35.4 Å². The van der Waals surface area contributed by atoms with Gasteiger partial charge in [0, 0.05) is 0 Å². The van der Waals surface area contributed by atoms with Crippen molar-refractivity contribution in [2.45, 2.75) is 0 Å². The SMILES string of the molecule is COc1c(Cl)cc(N=C=S)cc1Cl. The maximum absolute atomic E-state index is 5.84. The van der Waals surface area contributed by atoms with E-state index in [1.54, 1.807) is 12.1 Å². The molecule has 0 atom stereocenters. The minimum Gasteiger partial charge on any atom is -0.494 e. The van der Waals surface area contributed by atoms with Crippen LogP contribution in [0.4, 0.5) is 5.69 Å². The van der Waals surface area contributed by atoms with Crippen LogP contribution in [0.2, 0.25) is 10.0 Å². The number of nitrogens with zero attached hydrogens (tertiary/aromatic N) is 1. The zero-order valence-electron chi connectivity index (χ0n) is 6.67. The van der Waals surface area contributed by atoms with Crippen LogP contribution in [-0.2, 0) is 0 Å². The first-order valence-corrected chi connectivity index (χ1v) is 4.46. The van der Waals surface area contributed by atoms with Gasteiger partial charge in [0.15, 0.2) is 5.75 Å². The van der Waals surface area contributed by atoms with Gasteiger partial charge in [-0.05, 0) is 24.4 Å². The van der Waals surface area contributed by atoms with Gasteiger partial charge in [-0.3, -0.25) is 0 Å². The molecule has 13 heavy (non-hydrogen) atoms. The lowest BCUT2D eigenvalue weighted by molar-refractivity contribution is 0.415. The molecule has 0 saturated heterocycles. The molecule has 0 aliphatic rings. The number of hydrogen-bond acceptors (Lipinski definition) is 3. The third kappa shape index (κ3) is 2.42. The molecule has 0 saturated carbocycles. The predicted octanol–water partition coefficient (Wildman–Crippen LogP) is 3.74. The average molecular weight is 234 g/mol. The molecule has 1 rings (SSSR count). The molecule has 5 heteroatoms. The van der Waals surface area contributed by atoms with Crippen LogP contribution in [0, 0.1) is 0 Å². The van der Waals surface area contributed by atoms with Gasteiger partial charge in [-0.15, -0.1) is 0 Å². The Morgan fingerprint density at radius 1 is 1.38 bits per heavy atom. The van der Waals surface area contributed by atoms with Crippen molar-refractivity contribution in [3.05, 3.63) is 22.2 Å². The highest BCUT2D eigenvalue weighted by Gasteiger charge is 2.07. The Bertz CT molecular complexity index is 351. The minimum atomic E-state index is 0.402. The lowest BCUT2D eigenvalue weighted by Crippen LogP contribution is -1.84. The Morgan fingerprint density at radius 2 is 1.92 bits per heavy atom. The highest BCUT2D eigenvalue weighted by molar-refractivity contribution is 7.78. The molecule has 0 N–H and O–H groups in total. The average Bonchev–Trinajstić information content (AvgIpc) is 2.04. The maximum Gasteiger partial charge on any atom is 0.156 e. The van der Waals surface area contributed by atoms with Gasteiger partial charge in [0.1, 0.15) is 0 Å². The number of isothiocyanates is 1. The van der Waals surface area contributed by atoms with E-state index in [2.05, 4.69) is 22.4 Å². The molecule has 0 unspecified atom stereocenters. The van der Waals surface area contributed by atoms with Crippen molar-refractivity contribution >= 4 is 46.3 Å². The Balaban J connectivity index is 3.27. The van der Waals surface area contributed by atoms with E-state index in [-0.39, 0.29) is 0 Å². The molecule has 0 aromatic heterocycles. The fourth-order valence-corrected chi connectivity index (χ4v) is 1.59. The molecule has 0 spiro atoms. The molecule has 0 aliphatic heterocycles. The molecule has 0 aliphatic carbocycles. The second kappa shape index (κ2) is 4.58. The Kier molecular flexibility index (Phi) is 3.70. The van der Waals surface area contributed by atoms with E-state index in [4.69, 9.17) is 27.9 Å². The summed E-state index contributed by atoms with van der Waals surface area (Å²) in [5.74, 6) is 0.437. The van der Waals surface area contributed by atoms with Crippen molar-refractivity contribution in [1.82, 2.24) is 0 Å². The van der Waals surface area contributed by atoms with Gasteiger partial charge >= 0.3 is 0 Å². The van der Waals surface area contributed by atoms with Crippen LogP contribution < -0.4 is 4.74 Å². The zero-order valence-corrected chi connectivity index (χ0v) is 9.00. The van der Waals surface area contributed by atoms with Crippen molar-refractivity contribution in [3.8, 4) is 5.75 Å². The van der Waals surface area contributed by atoms with E-state index in [0.717, 1.165) is 0 Å². The van der Waals surface area contributed by atoms with E-state index in [0.29, 0.717) is 21.5 Å². The van der Waals surface area contributed by atoms with Gasteiger partial charge in [-0.2, -0.15) is 4.99 Å². The summed E-state index contributed by atoms with van der Waals surface area (Å²) in [5.41, 5.74) is 0.561. The first-order chi connectivity index (χ1) is 6.19. The summed E-state index contributed by atoms with van der Waals surface area (Å²) in [4.78, 5) is 3.74. The first-order valence-electron chi connectivity index (χ1n) is 3.30. The largest absolute Gasteiger partial charge is 0.494 e. The fourth-order valence-electron chi connectivity index (χ4n) is 0.859. The summed E-state index contributed by atoms with van der Waals surface area (Å²) in [5, 5.41) is 3.03. The van der Waals surface area contributed by atoms with Gasteiger partial charge in [0.2, 0.25) is 0 Å². The Morgan fingerprint density at radius 3 is 2.31 bits per heavy atom. The summed E-state index contributed by atoms with van der Waals surface area (Å²) in [7, 11) is 1.50. The van der Waals surface area contributed by atoms with E-state index < -0.39 is 0 Å². The van der Waals surface area contributed by atoms with Crippen LogP contribution in [0.3, 0.4) is 0 Å². The Labute approximate surface area is 91.1 Å². The summed E-state index contributed by atoms with van der Waals surface area (Å²) >= 11 is 16.1. The van der Waals surface area contributed by atoms with Crippen LogP contribution in [-0.4, -0.2) is 12.3 Å². The molecule has 68 valence electrons.